The molecule has 20 heavy (non-hydrogen) atoms. The monoisotopic (exact) mass is 355 g/mol. The molecule has 0 bridgehead atoms. The van der Waals surface area contributed by atoms with Gasteiger partial charge >= 0.3 is 0 Å². The number of halogens is 2. The van der Waals surface area contributed by atoms with Crippen LogP contribution >= 0.6 is 27.5 Å². The molecule has 0 amide bonds. The minimum absolute atomic E-state index is 0.581. The first-order chi connectivity index (χ1) is 9.52. The normalized spacial score (nSPS) is 27.9. The molecule has 0 aromatic heterocycles. The van der Waals surface area contributed by atoms with Gasteiger partial charge in [0, 0.05) is 9.50 Å². The van der Waals surface area contributed by atoms with E-state index < -0.39 is 11.5 Å². The van der Waals surface area contributed by atoms with E-state index in [-0.39, 0.29) is 0 Å². The van der Waals surface area contributed by atoms with Crippen LogP contribution in [0.4, 0.5) is 0 Å². The lowest BCUT2D eigenvalue weighted by Gasteiger charge is -2.38. The summed E-state index contributed by atoms with van der Waals surface area (Å²) in [6.07, 6.45) is 3.89. The molecular formula is C16H19BrClNO. The first kappa shape index (κ1) is 15.8. The van der Waals surface area contributed by atoms with Gasteiger partial charge in [0.1, 0.15) is 0 Å². The van der Waals surface area contributed by atoms with Crippen LogP contribution in [0.1, 0.15) is 50.7 Å². The highest BCUT2D eigenvalue weighted by Crippen LogP contribution is 2.49. The number of hydrogen-bond acceptors (Lipinski definition) is 2. The summed E-state index contributed by atoms with van der Waals surface area (Å²) in [5, 5.41) is 21.0. The summed E-state index contributed by atoms with van der Waals surface area (Å²) in [5.74, 6) is 0.687. The van der Waals surface area contributed by atoms with E-state index in [9.17, 15) is 10.4 Å². The van der Waals surface area contributed by atoms with Gasteiger partial charge < -0.3 is 5.11 Å². The zero-order valence-electron chi connectivity index (χ0n) is 11.6. The molecule has 0 saturated heterocycles. The third-order valence-electron chi connectivity index (χ3n) is 4.57. The summed E-state index contributed by atoms with van der Waals surface area (Å²) in [4.78, 5) is 0. The highest BCUT2D eigenvalue weighted by atomic mass is 79.9. The van der Waals surface area contributed by atoms with Crippen molar-refractivity contribution in [3.63, 3.8) is 0 Å². The van der Waals surface area contributed by atoms with Gasteiger partial charge in [0.05, 0.1) is 17.6 Å². The SMILES string of the molecule is CCC1CCC(C#N)(C(O)c2cc(Cl)ccc2Br)CC1. The minimum Gasteiger partial charge on any atom is -0.387 e. The van der Waals surface area contributed by atoms with Crippen molar-refractivity contribution in [3.05, 3.63) is 33.3 Å². The van der Waals surface area contributed by atoms with Gasteiger partial charge in [-0.2, -0.15) is 5.26 Å². The molecular weight excluding hydrogens is 338 g/mol. The van der Waals surface area contributed by atoms with Crippen molar-refractivity contribution >= 4 is 27.5 Å². The molecule has 0 radical (unpaired) electrons. The fourth-order valence-electron chi connectivity index (χ4n) is 3.07. The molecule has 1 aliphatic carbocycles. The lowest BCUT2D eigenvalue weighted by Crippen LogP contribution is -2.32. The molecule has 1 N–H and O–H groups in total. The molecule has 0 spiro atoms. The maximum absolute atomic E-state index is 10.7. The third kappa shape index (κ3) is 3.03. The van der Waals surface area contributed by atoms with Gasteiger partial charge in [-0.1, -0.05) is 40.9 Å². The van der Waals surface area contributed by atoms with E-state index in [2.05, 4.69) is 28.9 Å². The maximum Gasteiger partial charge on any atom is 0.0987 e. The van der Waals surface area contributed by atoms with E-state index in [0.29, 0.717) is 16.5 Å². The molecule has 108 valence electrons. The third-order valence-corrected chi connectivity index (χ3v) is 5.53. The van der Waals surface area contributed by atoms with Crippen LogP contribution in [0.5, 0.6) is 0 Å². The van der Waals surface area contributed by atoms with E-state index >= 15 is 0 Å². The lowest BCUT2D eigenvalue weighted by atomic mass is 9.66. The Bertz CT molecular complexity index is 518. The van der Waals surface area contributed by atoms with Crippen LogP contribution < -0.4 is 0 Å². The number of hydrogen-bond donors (Lipinski definition) is 1. The minimum atomic E-state index is -0.793. The van der Waals surface area contributed by atoms with Crippen LogP contribution in [0.25, 0.3) is 0 Å². The predicted molar refractivity (Wildman–Crippen MR) is 84.4 cm³/mol. The van der Waals surface area contributed by atoms with Gasteiger partial charge in [-0.25, -0.2) is 0 Å². The van der Waals surface area contributed by atoms with Gasteiger partial charge in [0.2, 0.25) is 0 Å². The molecule has 0 aliphatic heterocycles. The molecule has 2 nitrogen and oxygen atoms in total. The summed E-state index contributed by atoms with van der Waals surface area (Å²) in [5.41, 5.74) is 0.0350. The van der Waals surface area contributed by atoms with Crippen molar-refractivity contribution in [2.24, 2.45) is 11.3 Å². The topological polar surface area (TPSA) is 44.0 Å². The van der Waals surface area contributed by atoms with E-state index in [1.54, 1.807) is 12.1 Å². The summed E-state index contributed by atoms with van der Waals surface area (Å²) in [6.45, 7) is 2.19. The molecule has 2 rings (SSSR count). The van der Waals surface area contributed by atoms with E-state index in [1.807, 2.05) is 6.07 Å². The van der Waals surface area contributed by atoms with Crippen LogP contribution in [0.2, 0.25) is 5.02 Å². The Labute approximate surface area is 133 Å². The molecule has 1 unspecified atom stereocenters. The first-order valence-corrected chi connectivity index (χ1v) is 8.24. The van der Waals surface area contributed by atoms with Gasteiger partial charge in [0.25, 0.3) is 0 Å². The second-order valence-electron chi connectivity index (χ2n) is 5.69. The number of aliphatic hydroxyl groups is 1. The molecule has 1 atom stereocenters. The Hall–Kier alpha value is -0.560. The highest BCUT2D eigenvalue weighted by molar-refractivity contribution is 9.10. The average Bonchev–Trinajstić information content (AvgIpc) is 2.49. The molecule has 4 heteroatoms. The van der Waals surface area contributed by atoms with Crippen molar-refractivity contribution in [2.45, 2.75) is 45.1 Å². The molecule has 1 aromatic rings. The zero-order valence-corrected chi connectivity index (χ0v) is 13.9. The van der Waals surface area contributed by atoms with Gasteiger partial charge in [-0.15, -0.1) is 0 Å². The number of rotatable bonds is 3. The summed E-state index contributed by atoms with van der Waals surface area (Å²) in [7, 11) is 0. The van der Waals surface area contributed by atoms with Crippen molar-refractivity contribution in [3.8, 4) is 6.07 Å². The number of nitriles is 1. The first-order valence-electron chi connectivity index (χ1n) is 7.06. The largest absolute Gasteiger partial charge is 0.387 e. The van der Waals surface area contributed by atoms with Crippen molar-refractivity contribution < 1.29 is 5.11 Å². The van der Waals surface area contributed by atoms with Gasteiger partial charge in [0.15, 0.2) is 0 Å². The summed E-state index contributed by atoms with van der Waals surface area (Å²) < 4.78 is 0.807. The Morgan fingerprint density at radius 2 is 2.15 bits per heavy atom. The van der Waals surface area contributed by atoms with Gasteiger partial charge in [-0.3, -0.25) is 0 Å². The van der Waals surface area contributed by atoms with E-state index in [1.165, 1.54) is 0 Å². The zero-order chi connectivity index (χ0) is 14.8. The van der Waals surface area contributed by atoms with Crippen molar-refractivity contribution in [1.29, 1.82) is 5.26 Å². The quantitative estimate of drug-likeness (QED) is 0.804. The average molecular weight is 357 g/mol. The second-order valence-corrected chi connectivity index (χ2v) is 6.98. The predicted octanol–water partition coefficient (Wildman–Crippen LogP) is 5.25. The fourth-order valence-corrected chi connectivity index (χ4v) is 3.71. The van der Waals surface area contributed by atoms with Crippen LogP contribution in [0.15, 0.2) is 22.7 Å². The van der Waals surface area contributed by atoms with E-state index in [0.717, 1.165) is 36.6 Å². The highest BCUT2D eigenvalue weighted by Gasteiger charge is 2.42. The second kappa shape index (κ2) is 6.47. The Morgan fingerprint density at radius 1 is 1.50 bits per heavy atom. The summed E-state index contributed by atoms with van der Waals surface area (Å²) >= 11 is 9.47. The number of aliphatic hydroxyl groups excluding tert-OH is 1. The van der Waals surface area contributed by atoms with Crippen LogP contribution in [-0.2, 0) is 0 Å². The Balaban J connectivity index is 2.28. The van der Waals surface area contributed by atoms with E-state index in [4.69, 9.17) is 11.6 Å². The number of benzene rings is 1. The Kier molecular flexibility index (Phi) is 5.12. The van der Waals surface area contributed by atoms with Crippen LogP contribution in [-0.4, -0.2) is 5.11 Å². The fraction of sp³-hybridized carbons (Fsp3) is 0.562. The number of nitrogens with zero attached hydrogens (tertiary/aromatic N) is 1. The Morgan fingerprint density at radius 3 is 2.70 bits per heavy atom. The molecule has 1 saturated carbocycles. The lowest BCUT2D eigenvalue weighted by molar-refractivity contribution is 0.0238. The van der Waals surface area contributed by atoms with Crippen LogP contribution in [0, 0.1) is 22.7 Å². The van der Waals surface area contributed by atoms with Crippen molar-refractivity contribution in [1.82, 2.24) is 0 Å². The van der Waals surface area contributed by atoms with Crippen LogP contribution in [0.3, 0.4) is 0 Å². The van der Waals surface area contributed by atoms with Gasteiger partial charge in [-0.05, 0) is 55.4 Å². The summed E-state index contributed by atoms with van der Waals surface area (Å²) in [6, 6.07) is 7.74. The van der Waals surface area contributed by atoms with Crippen molar-refractivity contribution in [2.75, 3.05) is 0 Å². The molecule has 1 aromatic carbocycles. The standard InChI is InChI=1S/C16H19BrClNO/c1-2-11-5-7-16(10-19,8-6-11)15(20)13-9-12(18)3-4-14(13)17/h3-4,9,11,15,20H,2,5-8H2,1H3. The maximum atomic E-state index is 10.7. The molecule has 1 aliphatic rings. The molecule has 1 fully saturated rings. The smallest absolute Gasteiger partial charge is 0.0987 e. The molecule has 0 heterocycles.